The van der Waals surface area contributed by atoms with E-state index in [-0.39, 0.29) is 5.91 Å². The van der Waals surface area contributed by atoms with Crippen molar-refractivity contribution in [2.24, 2.45) is 0 Å². The third-order valence-electron chi connectivity index (χ3n) is 4.74. The lowest BCUT2D eigenvalue weighted by atomic mass is 10.1. The molecule has 0 bridgehead atoms. The normalized spacial score (nSPS) is 14.7. The van der Waals surface area contributed by atoms with Crippen LogP contribution in [-0.2, 0) is 6.54 Å². The van der Waals surface area contributed by atoms with Crippen molar-refractivity contribution < 1.29 is 9.53 Å². The average Bonchev–Trinajstić information content (AvgIpc) is 2.69. The second-order valence-corrected chi connectivity index (χ2v) is 7.39. The monoisotopic (exact) mass is 386 g/mol. The van der Waals surface area contributed by atoms with Crippen molar-refractivity contribution in [2.45, 2.75) is 32.2 Å². The largest absolute Gasteiger partial charge is 0.494 e. The standard InChI is InChI=1S/C22H27ClN2O2/c23-20-10-8-19(9-11-20)22(26)24-12-5-15-27-21-7-4-6-18(16-21)17-25-13-2-1-3-14-25/h4,6-11,16H,1-3,5,12-15,17H2,(H,24,26). The topological polar surface area (TPSA) is 41.6 Å². The molecule has 1 aliphatic rings. The quantitative estimate of drug-likeness (QED) is 0.678. The fraction of sp³-hybridized carbons (Fsp3) is 0.409. The molecule has 0 aliphatic carbocycles. The van der Waals surface area contributed by atoms with Crippen LogP contribution in [0.5, 0.6) is 5.75 Å². The summed E-state index contributed by atoms with van der Waals surface area (Å²) >= 11 is 5.83. The van der Waals surface area contributed by atoms with Crippen molar-refractivity contribution in [2.75, 3.05) is 26.2 Å². The number of ether oxygens (including phenoxy) is 1. The van der Waals surface area contributed by atoms with Crippen LogP contribution in [0.15, 0.2) is 48.5 Å². The van der Waals surface area contributed by atoms with Crippen molar-refractivity contribution in [1.29, 1.82) is 0 Å². The molecule has 2 aromatic rings. The van der Waals surface area contributed by atoms with Gasteiger partial charge in [0.1, 0.15) is 5.75 Å². The van der Waals surface area contributed by atoms with Crippen LogP contribution in [0.3, 0.4) is 0 Å². The molecular weight excluding hydrogens is 360 g/mol. The van der Waals surface area contributed by atoms with Crippen molar-refractivity contribution in [3.8, 4) is 5.75 Å². The van der Waals surface area contributed by atoms with Crippen LogP contribution in [-0.4, -0.2) is 37.0 Å². The van der Waals surface area contributed by atoms with Gasteiger partial charge in [0.2, 0.25) is 0 Å². The molecular formula is C22H27ClN2O2. The fourth-order valence-electron chi connectivity index (χ4n) is 3.28. The highest BCUT2D eigenvalue weighted by atomic mass is 35.5. The molecule has 1 amide bonds. The smallest absolute Gasteiger partial charge is 0.251 e. The van der Waals surface area contributed by atoms with Crippen molar-refractivity contribution in [3.63, 3.8) is 0 Å². The van der Waals surface area contributed by atoms with E-state index in [0.29, 0.717) is 23.7 Å². The van der Waals surface area contributed by atoms with Crippen LogP contribution in [0.4, 0.5) is 0 Å². The number of hydrogen-bond donors (Lipinski definition) is 1. The van der Waals surface area contributed by atoms with E-state index in [0.717, 1.165) is 18.7 Å². The van der Waals surface area contributed by atoms with Crippen molar-refractivity contribution in [3.05, 3.63) is 64.7 Å². The van der Waals surface area contributed by atoms with E-state index >= 15 is 0 Å². The van der Waals surface area contributed by atoms with Gasteiger partial charge in [-0.3, -0.25) is 9.69 Å². The first-order valence-corrected chi connectivity index (χ1v) is 10.1. The minimum Gasteiger partial charge on any atom is -0.494 e. The zero-order valence-electron chi connectivity index (χ0n) is 15.6. The summed E-state index contributed by atoms with van der Waals surface area (Å²) in [5.41, 5.74) is 1.91. The number of carbonyl (C=O) groups excluding carboxylic acids is 1. The molecule has 0 aromatic heterocycles. The van der Waals surface area contributed by atoms with E-state index in [4.69, 9.17) is 16.3 Å². The van der Waals surface area contributed by atoms with Gasteiger partial charge in [0, 0.05) is 23.7 Å². The maximum atomic E-state index is 12.0. The molecule has 2 aromatic carbocycles. The first-order chi connectivity index (χ1) is 13.2. The fourth-order valence-corrected chi connectivity index (χ4v) is 3.40. The van der Waals surface area contributed by atoms with Gasteiger partial charge in [-0.1, -0.05) is 30.2 Å². The van der Waals surface area contributed by atoms with E-state index in [2.05, 4.69) is 28.4 Å². The summed E-state index contributed by atoms with van der Waals surface area (Å²) in [6.45, 7) is 4.54. The summed E-state index contributed by atoms with van der Waals surface area (Å²) < 4.78 is 5.85. The first kappa shape index (κ1) is 19.7. The molecule has 1 fully saturated rings. The molecule has 1 heterocycles. The molecule has 0 radical (unpaired) electrons. The van der Waals surface area contributed by atoms with Crippen LogP contribution in [0.25, 0.3) is 0 Å². The minimum atomic E-state index is -0.0878. The summed E-state index contributed by atoms with van der Waals surface area (Å²) in [5.74, 6) is 0.809. The molecule has 0 atom stereocenters. The third-order valence-corrected chi connectivity index (χ3v) is 4.99. The molecule has 1 saturated heterocycles. The second-order valence-electron chi connectivity index (χ2n) is 6.95. The van der Waals surface area contributed by atoms with E-state index in [1.807, 2.05) is 6.07 Å². The maximum absolute atomic E-state index is 12.0. The number of nitrogens with one attached hydrogen (secondary N) is 1. The second kappa shape index (κ2) is 10.3. The highest BCUT2D eigenvalue weighted by Crippen LogP contribution is 2.17. The summed E-state index contributed by atoms with van der Waals surface area (Å²) in [7, 11) is 0. The van der Waals surface area contributed by atoms with E-state index in [9.17, 15) is 4.79 Å². The number of nitrogens with zero attached hydrogens (tertiary/aromatic N) is 1. The third kappa shape index (κ3) is 6.56. The number of piperidine rings is 1. The van der Waals surface area contributed by atoms with Crippen molar-refractivity contribution in [1.82, 2.24) is 10.2 Å². The number of benzene rings is 2. The molecule has 27 heavy (non-hydrogen) atoms. The number of amides is 1. The van der Waals surface area contributed by atoms with Gasteiger partial charge in [0.25, 0.3) is 5.91 Å². The van der Waals surface area contributed by atoms with E-state index in [1.54, 1.807) is 24.3 Å². The Morgan fingerprint density at radius 1 is 1.07 bits per heavy atom. The zero-order chi connectivity index (χ0) is 18.9. The lowest BCUT2D eigenvalue weighted by molar-refractivity contribution is 0.0951. The Labute approximate surface area is 166 Å². The molecule has 1 N–H and O–H groups in total. The highest BCUT2D eigenvalue weighted by Gasteiger charge is 2.10. The predicted octanol–water partition coefficient (Wildman–Crippen LogP) is 4.52. The number of carbonyl (C=O) groups is 1. The number of halogens is 1. The van der Waals surface area contributed by atoms with Crippen LogP contribution in [0, 0.1) is 0 Å². The van der Waals surface area contributed by atoms with Gasteiger partial charge < -0.3 is 10.1 Å². The lowest BCUT2D eigenvalue weighted by Gasteiger charge is -2.26. The lowest BCUT2D eigenvalue weighted by Crippen LogP contribution is -2.29. The summed E-state index contributed by atoms with van der Waals surface area (Å²) in [6.07, 6.45) is 4.72. The molecule has 0 saturated carbocycles. The Hall–Kier alpha value is -2.04. The number of likely N-dealkylation sites (tertiary alicyclic amines) is 1. The van der Waals surface area contributed by atoms with Gasteiger partial charge >= 0.3 is 0 Å². The van der Waals surface area contributed by atoms with Gasteiger partial charge in [-0.05, 0) is 74.3 Å². The molecule has 1 aliphatic heterocycles. The molecule has 0 unspecified atom stereocenters. The van der Waals surface area contributed by atoms with Crippen LogP contribution < -0.4 is 10.1 Å². The Morgan fingerprint density at radius 3 is 2.63 bits per heavy atom. The van der Waals surface area contributed by atoms with Gasteiger partial charge in [0.15, 0.2) is 0 Å². The average molecular weight is 387 g/mol. The Bertz CT molecular complexity index is 727. The van der Waals surface area contributed by atoms with E-state index < -0.39 is 0 Å². The number of hydrogen-bond acceptors (Lipinski definition) is 3. The Morgan fingerprint density at radius 2 is 1.85 bits per heavy atom. The summed E-state index contributed by atoms with van der Waals surface area (Å²) in [6, 6.07) is 15.2. The van der Waals surface area contributed by atoms with Crippen LogP contribution in [0.2, 0.25) is 5.02 Å². The minimum absolute atomic E-state index is 0.0878. The summed E-state index contributed by atoms with van der Waals surface area (Å²) in [4.78, 5) is 14.5. The molecule has 144 valence electrons. The van der Waals surface area contributed by atoms with E-state index in [1.165, 1.54) is 37.9 Å². The first-order valence-electron chi connectivity index (χ1n) is 9.68. The molecule has 5 heteroatoms. The Kier molecular flexibility index (Phi) is 7.55. The van der Waals surface area contributed by atoms with Gasteiger partial charge in [-0.15, -0.1) is 0 Å². The zero-order valence-corrected chi connectivity index (χ0v) is 16.4. The van der Waals surface area contributed by atoms with Crippen molar-refractivity contribution >= 4 is 17.5 Å². The predicted molar refractivity (Wildman–Crippen MR) is 109 cm³/mol. The SMILES string of the molecule is O=C(NCCCOc1cccc(CN2CCCCC2)c1)c1ccc(Cl)cc1. The van der Waals surface area contributed by atoms with Crippen LogP contribution in [0.1, 0.15) is 41.6 Å². The maximum Gasteiger partial charge on any atom is 0.251 e. The van der Waals surface area contributed by atoms with Gasteiger partial charge in [0.05, 0.1) is 6.61 Å². The number of rotatable bonds is 8. The van der Waals surface area contributed by atoms with Gasteiger partial charge in [-0.2, -0.15) is 0 Å². The Balaban J connectivity index is 1.37. The highest BCUT2D eigenvalue weighted by molar-refractivity contribution is 6.30. The van der Waals surface area contributed by atoms with Crippen LogP contribution >= 0.6 is 11.6 Å². The molecule has 4 nitrogen and oxygen atoms in total. The van der Waals surface area contributed by atoms with Gasteiger partial charge in [-0.25, -0.2) is 0 Å². The summed E-state index contributed by atoms with van der Waals surface area (Å²) in [5, 5.41) is 3.53. The molecule has 3 rings (SSSR count). The molecule has 0 spiro atoms.